The lowest BCUT2D eigenvalue weighted by Gasteiger charge is -2.29. The molecule has 0 aliphatic heterocycles. The first-order valence-corrected chi connectivity index (χ1v) is 8.18. The second-order valence-corrected chi connectivity index (χ2v) is 6.32. The molecule has 6 heteroatoms. The first kappa shape index (κ1) is 16.4. The van der Waals surface area contributed by atoms with Crippen LogP contribution in [0.25, 0.3) is 10.9 Å². The minimum absolute atomic E-state index is 0.231. The smallest absolute Gasteiger partial charge is 0.308 e. The van der Waals surface area contributed by atoms with Gasteiger partial charge in [0.15, 0.2) is 0 Å². The fraction of sp³-hybridized carbons (Fsp3) is 0.444. The zero-order chi connectivity index (χ0) is 17.3. The van der Waals surface area contributed by atoms with Crippen LogP contribution in [-0.2, 0) is 11.8 Å². The number of hydrogen-bond donors (Lipinski definition) is 2. The number of carboxylic acids is 1. The molecule has 1 aromatic carbocycles. The molecule has 0 spiro atoms. The maximum absolute atomic E-state index is 12.7. The van der Waals surface area contributed by atoms with Gasteiger partial charge >= 0.3 is 5.97 Å². The number of nitrogens with one attached hydrogen (secondary N) is 1. The SMILES string of the molecule is COc1ccc2cc(C(=O)N[C@H]3CCCC[C@H]3C(=O)O)n(C)c2c1. The highest BCUT2D eigenvalue weighted by molar-refractivity contribution is 5.99. The molecule has 1 fully saturated rings. The van der Waals surface area contributed by atoms with Crippen LogP contribution in [-0.4, -0.2) is 34.7 Å². The molecule has 1 aliphatic rings. The van der Waals surface area contributed by atoms with Gasteiger partial charge in [-0.2, -0.15) is 0 Å². The second kappa shape index (κ2) is 6.55. The number of methoxy groups -OCH3 is 1. The zero-order valence-electron chi connectivity index (χ0n) is 13.9. The van der Waals surface area contributed by atoms with Crippen LogP contribution in [0, 0.1) is 5.92 Å². The summed E-state index contributed by atoms with van der Waals surface area (Å²) in [4.78, 5) is 24.1. The van der Waals surface area contributed by atoms with Crippen molar-refractivity contribution in [3.63, 3.8) is 0 Å². The molecule has 3 rings (SSSR count). The average molecular weight is 330 g/mol. The summed E-state index contributed by atoms with van der Waals surface area (Å²) < 4.78 is 7.04. The first-order chi connectivity index (χ1) is 11.5. The molecule has 0 unspecified atom stereocenters. The quantitative estimate of drug-likeness (QED) is 0.903. The minimum atomic E-state index is -0.832. The molecule has 2 N–H and O–H groups in total. The molecule has 128 valence electrons. The molecule has 2 aromatic rings. The molecule has 2 atom stereocenters. The van der Waals surface area contributed by atoms with Crippen LogP contribution < -0.4 is 10.1 Å². The van der Waals surface area contributed by atoms with Crippen LogP contribution >= 0.6 is 0 Å². The van der Waals surface area contributed by atoms with Crippen LogP contribution in [0.1, 0.15) is 36.2 Å². The van der Waals surface area contributed by atoms with Gasteiger partial charge in [-0.15, -0.1) is 0 Å². The van der Waals surface area contributed by atoms with E-state index < -0.39 is 11.9 Å². The molecule has 6 nitrogen and oxygen atoms in total. The van der Waals surface area contributed by atoms with Crippen molar-refractivity contribution in [3.05, 3.63) is 30.0 Å². The summed E-state index contributed by atoms with van der Waals surface area (Å²) in [5.41, 5.74) is 1.42. The third kappa shape index (κ3) is 2.96. The van der Waals surface area contributed by atoms with Crippen LogP contribution in [0.5, 0.6) is 5.75 Å². The third-order valence-electron chi connectivity index (χ3n) is 4.88. The summed E-state index contributed by atoms with van der Waals surface area (Å²) in [7, 11) is 3.43. The summed E-state index contributed by atoms with van der Waals surface area (Å²) in [6.45, 7) is 0. The van der Waals surface area contributed by atoms with Gasteiger partial charge < -0.3 is 19.7 Å². The number of rotatable bonds is 4. The van der Waals surface area contributed by atoms with Crippen molar-refractivity contribution in [1.82, 2.24) is 9.88 Å². The highest BCUT2D eigenvalue weighted by Crippen LogP contribution is 2.26. The molecular formula is C18H22N2O4. The Morgan fingerprint density at radius 2 is 2.00 bits per heavy atom. The van der Waals surface area contributed by atoms with E-state index in [4.69, 9.17) is 4.74 Å². The maximum atomic E-state index is 12.7. The largest absolute Gasteiger partial charge is 0.497 e. The molecule has 1 amide bonds. The maximum Gasteiger partial charge on any atom is 0.308 e. The van der Waals surface area contributed by atoms with Gasteiger partial charge in [0.2, 0.25) is 0 Å². The molecule has 1 aliphatic carbocycles. The van der Waals surface area contributed by atoms with Crippen molar-refractivity contribution in [3.8, 4) is 5.75 Å². The number of hydrogen-bond acceptors (Lipinski definition) is 3. The van der Waals surface area contributed by atoms with Crippen molar-refractivity contribution in [2.45, 2.75) is 31.7 Å². The predicted molar refractivity (Wildman–Crippen MR) is 90.3 cm³/mol. The molecule has 1 heterocycles. The number of aryl methyl sites for hydroxylation is 1. The summed E-state index contributed by atoms with van der Waals surface area (Å²) in [5.74, 6) is -0.834. The Kier molecular flexibility index (Phi) is 4.46. The molecule has 1 saturated carbocycles. The molecule has 0 bridgehead atoms. The number of carboxylic acid groups (broad SMARTS) is 1. The standard InChI is InChI=1S/C18H22N2O4/c1-20-15-10-12(24-2)8-7-11(15)9-16(20)17(21)19-14-6-4-3-5-13(14)18(22)23/h7-10,13-14H,3-6H2,1-2H3,(H,19,21)(H,22,23)/t13-,14+/m1/s1. The average Bonchev–Trinajstić information content (AvgIpc) is 2.91. The van der Waals surface area contributed by atoms with Crippen molar-refractivity contribution in [2.75, 3.05) is 7.11 Å². The summed E-state index contributed by atoms with van der Waals surface area (Å²) in [6.07, 6.45) is 3.17. The Morgan fingerprint density at radius 3 is 2.71 bits per heavy atom. The highest BCUT2D eigenvalue weighted by atomic mass is 16.5. The van der Waals surface area contributed by atoms with Gasteiger partial charge in [-0.05, 0) is 31.0 Å². The van der Waals surface area contributed by atoms with E-state index in [9.17, 15) is 14.7 Å². The van der Waals surface area contributed by atoms with Gasteiger partial charge in [0, 0.05) is 24.5 Å². The molecule has 24 heavy (non-hydrogen) atoms. The number of benzene rings is 1. The van der Waals surface area contributed by atoms with Crippen LogP contribution in [0.15, 0.2) is 24.3 Å². The van der Waals surface area contributed by atoms with Crippen LogP contribution in [0.2, 0.25) is 0 Å². The summed E-state index contributed by atoms with van der Waals surface area (Å²) in [6, 6.07) is 7.16. The Bertz CT molecular complexity index is 781. The number of amides is 1. The Balaban J connectivity index is 1.85. The third-order valence-corrected chi connectivity index (χ3v) is 4.88. The Morgan fingerprint density at radius 1 is 1.25 bits per heavy atom. The van der Waals surface area contributed by atoms with E-state index in [1.807, 2.05) is 35.9 Å². The van der Waals surface area contributed by atoms with Crippen molar-refractivity contribution in [2.24, 2.45) is 13.0 Å². The fourth-order valence-corrected chi connectivity index (χ4v) is 3.50. The van der Waals surface area contributed by atoms with Crippen molar-refractivity contribution in [1.29, 1.82) is 0 Å². The van der Waals surface area contributed by atoms with Gasteiger partial charge in [0.25, 0.3) is 5.91 Å². The number of aromatic nitrogens is 1. The van der Waals surface area contributed by atoms with E-state index in [1.54, 1.807) is 7.11 Å². The van der Waals surface area contributed by atoms with Gasteiger partial charge in [-0.25, -0.2) is 0 Å². The normalized spacial score (nSPS) is 20.8. The van der Waals surface area contributed by atoms with Gasteiger partial charge in [-0.3, -0.25) is 9.59 Å². The number of aliphatic carboxylic acids is 1. The van der Waals surface area contributed by atoms with E-state index in [1.165, 1.54) is 0 Å². The Labute approximate surface area is 140 Å². The van der Waals surface area contributed by atoms with Gasteiger partial charge in [-0.1, -0.05) is 12.8 Å². The Hall–Kier alpha value is -2.50. The van der Waals surface area contributed by atoms with E-state index in [2.05, 4.69) is 5.32 Å². The van der Waals surface area contributed by atoms with E-state index in [0.717, 1.165) is 29.5 Å². The van der Waals surface area contributed by atoms with E-state index in [0.29, 0.717) is 18.5 Å². The lowest BCUT2D eigenvalue weighted by Crippen LogP contribution is -2.45. The number of fused-ring (bicyclic) bond motifs is 1. The van der Waals surface area contributed by atoms with Gasteiger partial charge in [0.1, 0.15) is 11.4 Å². The lowest BCUT2D eigenvalue weighted by atomic mass is 9.84. The number of nitrogens with zero attached hydrogens (tertiary/aromatic N) is 1. The number of carbonyl (C=O) groups excluding carboxylic acids is 1. The minimum Gasteiger partial charge on any atom is -0.497 e. The molecular weight excluding hydrogens is 308 g/mol. The molecule has 0 saturated heterocycles. The van der Waals surface area contributed by atoms with Crippen LogP contribution in [0.4, 0.5) is 0 Å². The topological polar surface area (TPSA) is 80.6 Å². The van der Waals surface area contributed by atoms with E-state index in [-0.39, 0.29) is 11.9 Å². The fourth-order valence-electron chi connectivity index (χ4n) is 3.50. The summed E-state index contributed by atoms with van der Waals surface area (Å²) in [5, 5.41) is 13.2. The highest BCUT2D eigenvalue weighted by Gasteiger charge is 2.32. The van der Waals surface area contributed by atoms with Gasteiger partial charge in [0.05, 0.1) is 18.5 Å². The second-order valence-electron chi connectivity index (χ2n) is 6.32. The number of carbonyl (C=O) groups is 2. The molecule has 1 aromatic heterocycles. The zero-order valence-corrected chi connectivity index (χ0v) is 13.9. The van der Waals surface area contributed by atoms with Crippen molar-refractivity contribution < 1.29 is 19.4 Å². The molecule has 0 radical (unpaired) electrons. The summed E-state index contributed by atoms with van der Waals surface area (Å²) >= 11 is 0. The van der Waals surface area contributed by atoms with E-state index >= 15 is 0 Å². The van der Waals surface area contributed by atoms with Crippen LogP contribution in [0.3, 0.4) is 0 Å². The predicted octanol–water partition coefficient (Wildman–Crippen LogP) is 2.56. The number of ether oxygens (including phenoxy) is 1. The monoisotopic (exact) mass is 330 g/mol. The lowest BCUT2D eigenvalue weighted by molar-refractivity contribution is -0.143. The van der Waals surface area contributed by atoms with Crippen molar-refractivity contribution >= 4 is 22.8 Å². The first-order valence-electron chi connectivity index (χ1n) is 8.18.